The first-order chi connectivity index (χ1) is 15.5. The number of anilines is 1. The minimum atomic E-state index is -0.405. The Bertz CT molecular complexity index is 925. The number of hydrogen-bond donors (Lipinski definition) is 1. The van der Waals surface area contributed by atoms with Gasteiger partial charge in [0.05, 0.1) is 18.9 Å². The molecule has 2 aromatic rings. The fraction of sp³-hybridized carbons (Fsp3) is 0.538. The number of thiophene rings is 1. The normalized spacial score (nSPS) is 25.8. The molecule has 2 fully saturated rings. The maximum atomic E-state index is 13.9. The molecule has 1 N–H and O–H groups in total. The van der Waals surface area contributed by atoms with Crippen LogP contribution in [-0.2, 0) is 9.53 Å². The molecule has 1 amide bonds. The number of carbonyl (C=O) groups is 2. The highest BCUT2D eigenvalue weighted by Gasteiger charge is 2.37. The molecule has 0 bridgehead atoms. The third kappa shape index (κ3) is 4.91. The van der Waals surface area contributed by atoms with Crippen molar-refractivity contribution in [3.8, 4) is 10.4 Å². The molecule has 6 heteroatoms. The SMILES string of the molecule is COC(=O)c1sc(-c2ccccc2)cc1N(C(=O)[C@H]1CC[C@H](C)CC1)[C@H]1CC[C@H](O)CC1. The molecule has 5 nitrogen and oxygen atoms in total. The lowest BCUT2D eigenvalue weighted by Gasteiger charge is -2.38. The lowest BCUT2D eigenvalue weighted by molar-refractivity contribution is -0.124. The molecule has 0 unspecified atom stereocenters. The molecule has 1 heterocycles. The highest BCUT2D eigenvalue weighted by molar-refractivity contribution is 7.18. The number of carbonyl (C=O) groups excluding carboxylic acids is 2. The number of rotatable bonds is 5. The van der Waals surface area contributed by atoms with Crippen molar-refractivity contribution in [2.24, 2.45) is 11.8 Å². The second kappa shape index (κ2) is 10.2. The molecule has 0 spiro atoms. The molecule has 1 aromatic carbocycles. The number of benzene rings is 1. The molecule has 172 valence electrons. The summed E-state index contributed by atoms with van der Waals surface area (Å²) in [7, 11) is 1.39. The van der Waals surface area contributed by atoms with E-state index in [0.29, 0.717) is 29.3 Å². The first-order valence-electron chi connectivity index (χ1n) is 11.8. The summed E-state index contributed by atoms with van der Waals surface area (Å²) in [4.78, 5) is 30.0. The van der Waals surface area contributed by atoms with E-state index in [1.54, 1.807) is 0 Å². The van der Waals surface area contributed by atoms with Crippen molar-refractivity contribution in [2.45, 2.75) is 70.4 Å². The van der Waals surface area contributed by atoms with Crippen molar-refractivity contribution in [3.63, 3.8) is 0 Å². The number of hydrogen-bond acceptors (Lipinski definition) is 5. The van der Waals surface area contributed by atoms with Crippen LogP contribution in [0.15, 0.2) is 36.4 Å². The lowest BCUT2D eigenvalue weighted by Crippen LogP contribution is -2.47. The third-order valence-electron chi connectivity index (χ3n) is 7.04. The van der Waals surface area contributed by atoms with Crippen LogP contribution in [0.4, 0.5) is 5.69 Å². The van der Waals surface area contributed by atoms with Gasteiger partial charge in [0.2, 0.25) is 5.91 Å². The number of amides is 1. The minimum Gasteiger partial charge on any atom is -0.465 e. The van der Waals surface area contributed by atoms with Gasteiger partial charge in [-0.2, -0.15) is 0 Å². The predicted octanol–water partition coefficient (Wildman–Crippen LogP) is 5.66. The molecule has 0 saturated heterocycles. The number of nitrogens with zero attached hydrogens (tertiary/aromatic N) is 1. The fourth-order valence-electron chi connectivity index (χ4n) is 5.06. The molecule has 0 aliphatic heterocycles. The van der Waals surface area contributed by atoms with Crippen molar-refractivity contribution in [1.29, 1.82) is 0 Å². The largest absolute Gasteiger partial charge is 0.465 e. The minimum absolute atomic E-state index is 0.00752. The van der Waals surface area contributed by atoms with Crippen molar-refractivity contribution >= 4 is 28.9 Å². The van der Waals surface area contributed by atoms with E-state index in [2.05, 4.69) is 6.92 Å². The van der Waals surface area contributed by atoms with E-state index in [1.807, 2.05) is 41.3 Å². The van der Waals surface area contributed by atoms with Gasteiger partial charge in [0.1, 0.15) is 4.88 Å². The smallest absolute Gasteiger partial charge is 0.350 e. The van der Waals surface area contributed by atoms with Gasteiger partial charge in [-0.05, 0) is 68.9 Å². The Balaban J connectivity index is 1.74. The van der Waals surface area contributed by atoms with E-state index in [0.717, 1.165) is 49.0 Å². The van der Waals surface area contributed by atoms with Gasteiger partial charge in [0, 0.05) is 16.8 Å². The number of esters is 1. The molecular weight excluding hydrogens is 422 g/mol. The first kappa shape index (κ1) is 23.0. The van der Waals surface area contributed by atoms with Crippen LogP contribution in [0.5, 0.6) is 0 Å². The van der Waals surface area contributed by atoms with Gasteiger partial charge < -0.3 is 14.7 Å². The van der Waals surface area contributed by atoms with Crippen LogP contribution in [0, 0.1) is 11.8 Å². The average molecular weight is 456 g/mol. The summed E-state index contributed by atoms with van der Waals surface area (Å²) in [6.07, 6.45) is 6.47. The monoisotopic (exact) mass is 455 g/mol. The van der Waals surface area contributed by atoms with Gasteiger partial charge in [-0.25, -0.2) is 4.79 Å². The molecule has 2 saturated carbocycles. The Morgan fingerprint density at radius 1 is 1.00 bits per heavy atom. The molecule has 1 aromatic heterocycles. The molecule has 0 radical (unpaired) electrons. The Kier molecular flexibility index (Phi) is 7.31. The van der Waals surface area contributed by atoms with E-state index in [4.69, 9.17) is 4.74 Å². The lowest BCUT2D eigenvalue weighted by atomic mass is 9.81. The second-order valence-corrected chi connectivity index (χ2v) is 10.4. The van der Waals surface area contributed by atoms with Crippen LogP contribution in [0.2, 0.25) is 0 Å². The number of methoxy groups -OCH3 is 1. The van der Waals surface area contributed by atoms with Gasteiger partial charge in [-0.1, -0.05) is 37.3 Å². The standard InChI is InChI=1S/C26H33NO4S/c1-17-8-10-19(11-9-17)25(29)27(20-12-14-21(28)15-13-20)22-16-23(18-6-4-3-5-7-18)32-24(22)26(30)31-2/h3-7,16-17,19-21,28H,8-15H2,1-2H3/t17-,19-,20-,21-. The molecule has 0 atom stereocenters. The summed E-state index contributed by atoms with van der Waals surface area (Å²) < 4.78 is 5.11. The predicted molar refractivity (Wildman–Crippen MR) is 128 cm³/mol. The maximum absolute atomic E-state index is 13.9. The number of ether oxygens (including phenoxy) is 1. The van der Waals surface area contributed by atoms with Crippen molar-refractivity contribution in [1.82, 2.24) is 0 Å². The van der Waals surface area contributed by atoms with Crippen LogP contribution < -0.4 is 4.90 Å². The average Bonchev–Trinajstić information content (AvgIpc) is 3.26. The number of aliphatic hydroxyl groups is 1. The van der Waals surface area contributed by atoms with Crippen LogP contribution in [0.3, 0.4) is 0 Å². The Morgan fingerprint density at radius 3 is 2.28 bits per heavy atom. The van der Waals surface area contributed by atoms with Gasteiger partial charge in [-0.3, -0.25) is 4.79 Å². The molecule has 2 aliphatic carbocycles. The summed E-state index contributed by atoms with van der Waals surface area (Å²) in [5.74, 6) is 0.372. The Morgan fingerprint density at radius 2 is 1.66 bits per heavy atom. The quantitative estimate of drug-likeness (QED) is 0.591. The maximum Gasteiger partial charge on any atom is 0.350 e. The summed E-state index contributed by atoms with van der Waals surface area (Å²) in [5, 5.41) is 10.1. The highest BCUT2D eigenvalue weighted by atomic mass is 32.1. The van der Waals surface area contributed by atoms with Gasteiger partial charge >= 0.3 is 5.97 Å². The summed E-state index contributed by atoms with van der Waals surface area (Å²) in [5.41, 5.74) is 1.69. The Labute approximate surface area is 194 Å². The second-order valence-electron chi connectivity index (χ2n) is 9.31. The van der Waals surface area contributed by atoms with E-state index in [1.165, 1.54) is 18.4 Å². The molecular formula is C26H33NO4S. The van der Waals surface area contributed by atoms with E-state index < -0.39 is 5.97 Å². The van der Waals surface area contributed by atoms with Gasteiger partial charge in [0.15, 0.2) is 0 Å². The van der Waals surface area contributed by atoms with Crippen molar-refractivity contribution < 1.29 is 19.4 Å². The topological polar surface area (TPSA) is 66.8 Å². The third-order valence-corrected chi connectivity index (χ3v) is 8.19. The van der Waals surface area contributed by atoms with Crippen LogP contribution in [0.1, 0.15) is 68.0 Å². The van der Waals surface area contributed by atoms with Gasteiger partial charge in [0.25, 0.3) is 0 Å². The van der Waals surface area contributed by atoms with Crippen molar-refractivity contribution in [3.05, 3.63) is 41.3 Å². The molecule has 2 aliphatic rings. The van der Waals surface area contributed by atoms with Crippen LogP contribution >= 0.6 is 11.3 Å². The fourth-order valence-corrected chi connectivity index (χ4v) is 6.13. The van der Waals surface area contributed by atoms with Gasteiger partial charge in [-0.15, -0.1) is 11.3 Å². The van der Waals surface area contributed by atoms with E-state index in [9.17, 15) is 14.7 Å². The molecule has 32 heavy (non-hydrogen) atoms. The summed E-state index contributed by atoms with van der Waals surface area (Å²) in [6.45, 7) is 2.25. The zero-order valence-corrected chi connectivity index (χ0v) is 19.8. The van der Waals surface area contributed by atoms with Crippen molar-refractivity contribution in [2.75, 3.05) is 12.0 Å². The molecule has 4 rings (SSSR count). The van der Waals surface area contributed by atoms with Crippen LogP contribution in [-0.4, -0.2) is 36.2 Å². The zero-order chi connectivity index (χ0) is 22.7. The van der Waals surface area contributed by atoms with E-state index >= 15 is 0 Å². The van der Waals surface area contributed by atoms with Crippen LogP contribution in [0.25, 0.3) is 10.4 Å². The van der Waals surface area contributed by atoms with E-state index in [-0.39, 0.29) is 24.0 Å². The first-order valence-corrected chi connectivity index (χ1v) is 12.6. The summed E-state index contributed by atoms with van der Waals surface area (Å²) in [6, 6.07) is 11.9. The number of aliphatic hydroxyl groups excluding tert-OH is 1. The Hall–Kier alpha value is -2.18. The highest BCUT2D eigenvalue weighted by Crippen LogP contribution is 2.42. The summed E-state index contributed by atoms with van der Waals surface area (Å²) >= 11 is 1.38. The zero-order valence-electron chi connectivity index (χ0n) is 19.0.